The molecule has 0 spiro atoms. The molecular formula is C8H17NO2. The zero-order valence-electron chi connectivity index (χ0n) is 6.83. The molecule has 0 aromatic carbocycles. The Labute approximate surface area is 67.5 Å². The van der Waals surface area contributed by atoms with Crippen molar-refractivity contribution < 1.29 is 9.84 Å². The van der Waals surface area contributed by atoms with Gasteiger partial charge in [0.05, 0.1) is 6.10 Å². The maximum Gasteiger partial charge on any atom is 0.0582 e. The molecule has 0 aliphatic carbocycles. The number of nitrogens with two attached hydrogens (primary N) is 1. The van der Waals surface area contributed by atoms with E-state index in [1.807, 2.05) is 0 Å². The second-order valence-electron chi connectivity index (χ2n) is 3.09. The van der Waals surface area contributed by atoms with Gasteiger partial charge in [0.1, 0.15) is 0 Å². The highest BCUT2D eigenvalue weighted by Gasteiger charge is 2.20. The van der Waals surface area contributed by atoms with Crippen molar-refractivity contribution in [2.24, 2.45) is 11.7 Å². The van der Waals surface area contributed by atoms with Gasteiger partial charge in [0.25, 0.3) is 0 Å². The summed E-state index contributed by atoms with van der Waals surface area (Å²) < 4.78 is 5.19. The molecule has 3 heteroatoms. The molecular weight excluding hydrogens is 142 g/mol. The molecule has 1 aliphatic heterocycles. The zero-order valence-corrected chi connectivity index (χ0v) is 6.83. The smallest absolute Gasteiger partial charge is 0.0582 e. The van der Waals surface area contributed by atoms with Gasteiger partial charge in [-0.2, -0.15) is 0 Å². The molecule has 0 aromatic heterocycles. The number of ether oxygens (including phenoxy) is 1. The molecule has 0 saturated carbocycles. The minimum Gasteiger partial charge on any atom is -0.393 e. The van der Waals surface area contributed by atoms with Gasteiger partial charge in [-0.3, -0.25) is 0 Å². The van der Waals surface area contributed by atoms with Crippen LogP contribution in [0.15, 0.2) is 0 Å². The van der Waals surface area contributed by atoms with E-state index in [9.17, 15) is 5.11 Å². The van der Waals surface area contributed by atoms with Crippen molar-refractivity contribution in [1.29, 1.82) is 0 Å². The Morgan fingerprint density at radius 3 is 2.64 bits per heavy atom. The van der Waals surface area contributed by atoms with Crippen LogP contribution >= 0.6 is 0 Å². The molecule has 0 aromatic rings. The van der Waals surface area contributed by atoms with E-state index in [4.69, 9.17) is 10.5 Å². The molecule has 0 bridgehead atoms. The average Bonchev–Trinajstić information content (AvgIpc) is 2.07. The third-order valence-electron chi connectivity index (χ3n) is 2.27. The Hall–Kier alpha value is -0.120. The number of rotatable bonds is 3. The minimum atomic E-state index is -0.205. The van der Waals surface area contributed by atoms with Gasteiger partial charge in [-0.15, -0.1) is 0 Å². The van der Waals surface area contributed by atoms with Gasteiger partial charge in [-0.05, 0) is 31.7 Å². The SMILES string of the molecule is NCC[C@H](O)C1CCOCC1. The first kappa shape index (κ1) is 8.97. The van der Waals surface area contributed by atoms with Crippen LogP contribution in [0.25, 0.3) is 0 Å². The van der Waals surface area contributed by atoms with Gasteiger partial charge in [-0.1, -0.05) is 0 Å². The summed E-state index contributed by atoms with van der Waals surface area (Å²) in [5.41, 5.74) is 5.34. The number of aliphatic hydroxyl groups excluding tert-OH is 1. The number of aliphatic hydroxyl groups is 1. The summed E-state index contributed by atoms with van der Waals surface area (Å²) in [5, 5.41) is 9.54. The van der Waals surface area contributed by atoms with Crippen LogP contribution in [0, 0.1) is 5.92 Å². The summed E-state index contributed by atoms with van der Waals surface area (Å²) in [6.45, 7) is 2.18. The summed E-state index contributed by atoms with van der Waals surface area (Å²) >= 11 is 0. The first-order valence-corrected chi connectivity index (χ1v) is 4.30. The quantitative estimate of drug-likeness (QED) is 0.615. The predicted octanol–water partition coefficient (Wildman–Crippen LogP) is 0.123. The Morgan fingerprint density at radius 2 is 2.09 bits per heavy atom. The maximum atomic E-state index is 9.54. The Kier molecular flexibility index (Phi) is 3.83. The molecule has 0 unspecified atom stereocenters. The lowest BCUT2D eigenvalue weighted by Crippen LogP contribution is -2.29. The van der Waals surface area contributed by atoms with Crippen molar-refractivity contribution in [3.8, 4) is 0 Å². The molecule has 1 saturated heterocycles. The molecule has 0 amide bonds. The minimum absolute atomic E-state index is 0.205. The largest absolute Gasteiger partial charge is 0.393 e. The van der Waals surface area contributed by atoms with Gasteiger partial charge in [0.15, 0.2) is 0 Å². The molecule has 1 fully saturated rings. The van der Waals surface area contributed by atoms with Crippen LogP contribution in [-0.4, -0.2) is 31.0 Å². The zero-order chi connectivity index (χ0) is 8.10. The summed E-state index contributed by atoms with van der Waals surface area (Å²) in [6.07, 6.45) is 2.50. The van der Waals surface area contributed by atoms with E-state index in [1.165, 1.54) is 0 Å². The van der Waals surface area contributed by atoms with E-state index in [1.54, 1.807) is 0 Å². The molecule has 0 radical (unpaired) electrons. The standard InChI is InChI=1S/C8H17NO2/c9-4-1-8(10)7-2-5-11-6-3-7/h7-8,10H,1-6,9H2/t8-/m0/s1. The van der Waals surface area contributed by atoms with E-state index in [2.05, 4.69) is 0 Å². The lowest BCUT2D eigenvalue weighted by molar-refractivity contribution is 0.00598. The van der Waals surface area contributed by atoms with E-state index in [-0.39, 0.29) is 6.10 Å². The predicted molar refractivity (Wildman–Crippen MR) is 43.2 cm³/mol. The number of hydrogen-bond donors (Lipinski definition) is 2. The summed E-state index contributed by atoms with van der Waals surface area (Å²) in [5.74, 6) is 0.423. The van der Waals surface area contributed by atoms with Crippen LogP contribution in [0.5, 0.6) is 0 Å². The molecule has 1 heterocycles. The summed E-state index contributed by atoms with van der Waals surface area (Å²) in [4.78, 5) is 0. The second-order valence-corrected chi connectivity index (χ2v) is 3.09. The fraction of sp³-hybridized carbons (Fsp3) is 1.00. The van der Waals surface area contributed by atoms with E-state index in [0.29, 0.717) is 12.5 Å². The first-order valence-electron chi connectivity index (χ1n) is 4.30. The normalized spacial score (nSPS) is 23.5. The van der Waals surface area contributed by atoms with Crippen LogP contribution in [0.4, 0.5) is 0 Å². The fourth-order valence-electron chi connectivity index (χ4n) is 1.51. The Balaban J connectivity index is 2.21. The monoisotopic (exact) mass is 159 g/mol. The van der Waals surface area contributed by atoms with Crippen molar-refractivity contribution in [2.45, 2.75) is 25.4 Å². The molecule has 3 nitrogen and oxygen atoms in total. The molecule has 11 heavy (non-hydrogen) atoms. The lowest BCUT2D eigenvalue weighted by atomic mass is 9.92. The first-order chi connectivity index (χ1) is 5.34. The van der Waals surface area contributed by atoms with Crippen LogP contribution in [0.3, 0.4) is 0 Å². The van der Waals surface area contributed by atoms with Crippen LogP contribution in [0.2, 0.25) is 0 Å². The third kappa shape index (κ3) is 2.77. The second kappa shape index (κ2) is 4.70. The Morgan fingerprint density at radius 1 is 1.45 bits per heavy atom. The van der Waals surface area contributed by atoms with Crippen LogP contribution in [-0.2, 0) is 4.74 Å². The summed E-state index contributed by atoms with van der Waals surface area (Å²) in [6, 6.07) is 0. The van der Waals surface area contributed by atoms with Crippen molar-refractivity contribution in [3.05, 3.63) is 0 Å². The van der Waals surface area contributed by atoms with Gasteiger partial charge in [-0.25, -0.2) is 0 Å². The molecule has 1 rings (SSSR count). The number of hydrogen-bond acceptors (Lipinski definition) is 3. The van der Waals surface area contributed by atoms with Crippen LogP contribution < -0.4 is 5.73 Å². The molecule has 66 valence electrons. The van der Waals surface area contributed by atoms with Gasteiger partial charge >= 0.3 is 0 Å². The van der Waals surface area contributed by atoms with E-state index < -0.39 is 0 Å². The maximum absolute atomic E-state index is 9.54. The van der Waals surface area contributed by atoms with Crippen molar-refractivity contribution in [1.82, 2.24) is 0 Å². The fourth-order valence-corrected chi connectivity index (χ4v) is 1.51. The highest BCUT2D eigenvalue weighted by molar-refractivity contribution is 4.71. The average molecular weight is 159 g/mol. The van der Waals surface area contributed by atoms with Gasteiger partial charge < -0.3 is 15.6 Å². The van der Waals surface area contributed by atoms with Gasteiger partial charge in [0.2, 0.25) is 0 Å². The highest BCUT2D eigenvalue weighted by atomic mass is 16.5. The van der Waals surface area contributed by atoms with E-state index >= 15 is 0 Å². The molecule has 3 N–H and O–H groups in total. The van der Waals surface area contributed by atoms with Crippen LogP contribution in [0.1, 0.15) is 19.3 Å². The third-order valence-corrected chi connectivity index (χ3v) is 2.27. The lowest BCUT2D eigenvalue weighted by Gasteiger charge is -2.26. The molecule has 1 aliphatic rings. The topological polar surface area (TPSA) is 55.5 Å². The van der Waals surface area contributed by atoms with Crippen molar-refractivity contribution in [2.75, 3.05) is 19.8 Å². The molecule has 1 atom stereocenters. The van der Waals surface area contributed by atoms with Crippen molar-refractivity contribution >= 4 is 0 Å². The van der Waals surface area contributed by atoms with E-state index in [0.717, 1.165) is 32.5 Å². The highest BCUT2D eigenvalue weighted by Crippen LogP contribution is 2.19. The summed E-state index contributed by atoms with van der Waals surface area (Å²) in [7, 11) is 0. The van der Waals surface area contributed by atoms with Crippen molar-refractivity contribution in [3.63, 3.8) is 0 Å². The van der Waals surface area contributed by atoms with Gasteiger partial charge in [0, 0.05) is 13.2 Å². The Bertz CT molecular complexity index is 102.